The molecule has 0 aromatic carbocycles. The van der Waals surface area contributed by atoms with Crippen LogP contribution in [-0.4, -0.2) is 24.0 Å². The van der Waals surface area contributed by atoms with Gasteiger partial charge in [0.15, 0.2) is 0 Å². The lowest BCUT2D eigenvalue weighted by atomic mass is 10.00. The molecule has 1 atom stereocenters. The minimum Gasteiger partial charge on any atom is -0.300 e. The molecule has 1 fully saturated rings. The van der Waals surface area contributed by atoms with Crippen LogP contribution in [0.1, 0.15) is 110 Å². The first-order valence-electron chi connectivity index (χ1n) is 10.1. The molecule has 0 aromatic heterocycles. The molecule has 1 aliphatic heterocycles. The Kier molecular flexibility index (Phi) is 12.3. The maximum atomic E-state index is 2.78. The van der Waals surface area contributed by atoms with Crippen LogP contribution in [0, 0.1) is 0 Å². The SMILES string of the molecule is CCCCCCCCCCCCC(CC)N1CCCCC1. The van der Waals surface area contributed by atoms with Crippen molar-refractivity contribution >= 4 is 0 Å². The molecule has 1 aliphatic rings. The molecule has 0 amide bonds. The second kappa shape index (κ2) is 13.6. The Hall–Kier alpha value is -0.0400. The van der Waals surface area contributed by atoms with Gasteiger partial charge in [0.2, 0.25) is 0 Å². The summed E-state index contributed by atoms with van der Waals surface area (Å²) in [7, 11) is 0. The molecule has 21 heavy (non-hydrogen) atoms. The van der Waals surface area contributed by atoms with Gasteiger partial charge in [-0.2, -0.15) is 0 Å². The van der Waals surface area contributed by atoms with E-state index < -0.39 is 0 Å². The zero-order chi connectivity index (χ0) is 15.2. The van der Waals surface area contributed by atoms with Crippen molar-refractivity contribution in [1.82, 2.24) is 4.90 Å². The van der Waals surface area contributed by atoms with Crippen molar-refractivity contribution < 1.29 is 0 Å². The van der Waals surface area contributed by atoms with Crippen LogP contribution in [0.15, 0.2) is 0 Å². The Morgan fingerprint density at radius 2 is 1.19 bits per heavy atom. The highest BCUT2D eigenvalue weighted by molar-refractivity contribution is 4.73. The van der Waals surface area contributed by atoms with E-state index in [1.54, 1.807) is 0 Å². The highest BCUT2D eigenvalue weighted by Gasteiger charge is 2.18. The highest BCUT2D eigenvalue weighted by Crippen LogP contribution is 2.19. The van der Waals surface area contributed by atoms with Gasteiger partial charge in [-0.1, -0.05) is 84.5 Å². The average Bonchev–Trinajstić information content (AvgIpc) is 2.54. The van der Waals surface area contributed by atoms with E-state index >= 15 is 0 Å². The van der Waals surface area contributed by atoms with Crippen LogP contribution < -0.4 is 0 Å². The summed E-state index contributed by atoms with van der Waals surface area (Å²) in [5.41, 5.74) is 0. The predicted molar refractivity (Wildman–Crippen MR) is 96.0 cm³/mol. The summed E-state index contributed by atoms with van der Waals surface area (Å²) >= 11 is 0. The molecule has 0 aromatic rings. The zero-order valence-electron chi connectivity index (χ0n) is 15.0. The van der Waals surface area contributed by atoms with Crippen molar-refractivity contribution in [3.63, 3.8) is 0 Å². The van der Waals surface area contributed by atoms with E-state index in [9.17, 15) is 0 Å². The first kappa shape index (κ1) is 19.0. The van der Waals surface area contributed by atoms with Crippen LogP contribution in [-0.2, 0) is 0 Å². The lowest BCUT2D eigenvalue weighted by Gasteiger charge is -2.34. The molecule has 1 rings (SSSR count). The minimum atomic E-state index is 0.888. The van der Waals surface area contributed by atoms with Crippen LogP contribution >= 0.6 is 0 Å². The molecule has 1 nitrogen and oxygen atoms in total. The molecule has 1 saturated heterocycles. The van der Waals surface area contributed by atoms with E-state index in [0.717, 1.165) is 6.04 Å². The average molecular weight is 296 g/mol. The summed E-state index contributed by atoms with van der Waals surface area (Å²) in [6, 6.07) is 0.888. The topological polar surface area (TPSA) is 3.24 Å². The van der Waals surface area contributed by atoms with Crippen molar-refractivity contribution in [2.45, 2.75) is 116 Å². The standard InChI is InChI=1S/C20H41N/c1-3-5-6-7-8-9-10-11-12-14-17-20(4-2)21-18-15-13-16-19-21/h20H,3-19H2,1-2H3. The minimum absolute atomic E-state index is 0.888. The number of hydrogen-bond acceptors (Lipinski definition) is 1. The Balaban J connectivity index is 1.90. The summed E-state index contributed by atoms with van der Waals surface area (Å²) in [5, 5.41) is 0. The van der Waals surface area contributed by atoms with Gasteiger partial charge in [-0.05, 0) is 38.8 Å². The van der Waals surface area contributed by atoms with Gasteiger partial charge in [0.1, 0.15) is 0 Å². The van der Waals surface area contributed by atoms with Crippen molar-refractivity contribution in [3.8, 4) is 0 Å². The van der Waals surface area contributed by atoms with Crippen LogP contribution in [0.25, 0.3) is 0 Å². The van der Waals surface area contributed by atoms with Gasteiger partial charge >= 0.3 is 0 Å². The fourth-order valence-corrected chi connectivity index (χ4v) is 3.80. The maximum absolute atomic E-state index is 2.78. The molecule has 0 saturated carbocycles. The first-order valence-corrected chi connectivity index (χ1v) is 10.1. The van der Waals surface area contributed by atoms with Gasteiger partial charge in [0.25, 0.3) is 0 Å². The Morgan fingerprint density at radius 3 is 1.71 bits per heavy atom. The van der Waals surface area contributed by atoms with E-state index in [1.165, 1.54) is 109 Å². The molecule has 0 aliphatic carbocycles. The van der Waals surface area contributed by atoms with E-state index in [2.05, 4.69) is 18.7 Å². The number of likely N-dealkylation sites (tertiary alicyclic amines) is 1. The summed E-state index contributed by atoms with van der Waals surface area (Å²) in [4.78, 5) is 2.78. The van der Waals surface area contributed by atoms with Gasteiger partial charge in [-0.25, -0.2) is 0 Å². The lowest BCUT2D eigenvalue weighted by molar-refractivity contribution is 0.148. The molecule has 126 valence electrons. The monoisotopic (exact) mass is 295 g/mol. The lowest BCUT2D eigenvalue weighted by Crippen LogP contribution is -2.38. The Morgan fingerprint density at radius 1 is 0.667 bits per heavy atom. The molecule has 0 spiro atoms. The van der Waals surface area contributed by atoms with E-state index in [-0.39, 0.29) is 0 Å². The third kappa shape index (κ3) is 9.55. The fourth-order valence-electron chi connectivity index (χ4n) is 3.80. The van der Waals surface area contributed by atoms with Crippen LogP contribution in [0.4, 0.5) is 0 Å². The third-order valence-corrected chi connectivity index (χ3v) is 5.27. The number of rotatable bonds is 13. The molecular formula is C20H41N. The molecular weight excluding hydrogens is 254 g/mol. The highest BCUT2D eigenvalue weighted by atomic mass is 15.2. The number of piperidine rings is 1. The Bertz CT molecular complexity index is 208. The summed E-state index contributed by atoms with van der Waals surface area (Å²) in [5.74, 6) is 0. The molecule has 1 heterocycles. The van der Waals surface area contributed by atoms with Crippen LogP contribution in [0.3, 0.4) is 0 Å². The summed E-state index contributed by atoms with van der Waals surface area (Å²) in [6.45, 7) is 7.43. The normalized spacial score (nSPS) is 18.0. The molecule has 1 heteroatoms. The summed E-state index contributed by atoms with van der Waals surface area (Å²) < 4.78 is 0. The number of nitrogens with zero attached hydrogens (tertiary/aromatic N) is 1. The number of unbranched alkanes of at least 4 members (excludes halogenated alkanes) is 9. The molecule has 0 N–H and O–H groups in total. The van der Waals surface area contributed by atoms with Gasteiger partial charge < -0.3 is 4.90 Å². The zero-order valence-corrected chi connectivity index (χ0v) is 15.0. The van der Waals surface area contributed by atoms with Crippen molar-refractivity contribution in [1.29, 1.82) is 0 Å². The summed E-state index contributed by atoms with van der Waals surface area (Å²) in [6.07, 6.45) is 21.7. The molecule has 1 unspecified atom stereocenters. The van der Waals surface area contributed by atoms with Crippen molar-refractivity contribution in [2.75, 3.05) is 13.1 Å². The van der Waals surface area contributed by atoms with Crippen LogP contribution in [0.2, 0.25) is 0 Å². The van der Waals surface area contributed by atoms with Crippen LogP contribution in [0.5, 0.6) is 0 Å². The third-order valence-electron chi connectivity index (χ3n) is 5.27. The van der Waals surface area contributed by atoms with E-state index in [4.69, 9.17) is 0 Å². The fraction of sp³-hybridized carbons (Fsp3) is 1.00. The van der Waals surface area contributed by atoms with Gasteiger partial charge in [-0.15, -0.1) is 0 Å². The van der Waals surface area contributed by atoms with E-state index in [1.807, 2.05) is 0 Å². The van der Waals surface area contributed by atoms with Gasteiger partial charge in [0.05, 0.1) is 0 Å². The largest absolute Gasteiger partial charge is 0.300 e. The second-order valence-corrected chi connectivity index (χ2v) is 7.13. The first-order chi connectivity index (χ1) is 10.4. The predicted octanol–water partition coefficient (Wildman–Crippen LogP) is 6.56. The van der Waals surface area contributed by atoms with Crippen molar-refractivity contribution in [3.05, 3.63) is 0 Å². The number of hydrogen-bond donors (Lipinski definition) is 0. The quantitative estimate of drug-likeness (QED) is 0.348. The smallest absolute Gasteiger partial charge is 0.00926 e. The van der Waals surface area contributed by atoms with Crippen molar-refractivity contribution in [2.24, 2.45) is 0 Å². The van der Waals surface area contributed by atoms with Gasteiger partial charge in [0, 0.05) is 6.04 Å². The molecule has 0 radical (unpaired) electrons. The second-order valence-electron chi connectivity index (χ2n) is 7.13. The Labute approximate surface area is 134 Å². The maximum Gasteiger partial charge on any atom is 0.00926 e. The molecule has 0 bridgehead atoms. The van der Waals surface area contributed by atoms with E-state index in [0.29, 0.717) is 0 Å². The van der Waals surface area contributed by atoms with Gasteiger partial charge in [-0.3, -0.25) is 0 Å².